The maximum Gasteiger partial charge on any atom is 0.331 e. The minimum atomic E-state index is -1.22. The number of aromatic nitrogens is 2. The molecule has 1 saturated heterocycles. The molecule has 2 N–H and O–H groups in total. The van der Waals surface area contributed by atoms with Crippen LogP contribution in [-0.4, -0.2) is 39.8 Å². The summed E-state index contributed by atoms with van der Waals surface area (Å²) >= 11 is 0. The molecular formula is C10H10N4O3. The molecule has 1 atom stereocenters. The lowest BCUT2D eigenvalue weighted by molar-refractivity contribution is -0.142. The van der Waals surface area contributed by atoms with Crippen LogP contribution in [0, 0.1) is 11.3 Å². The predicted octanol–water partition coefficient (Wildman–Crippen LogP) is 0.00388. The van der Waals surface area contributed by atoms with E-state index in [0.29, 0.717) is 13.0 Å². The van der Waals surface area contributed by atoms with E-state index in [-0.39, 0.29) is 18.1 Å². The highest BCUT2D eigenvalue weighted by molar-refractivity contribution is 5.83. The maximum atomic E-state index is 11.3. The topological polar surface area (TPSA) is 108 Å². The third-order valence-corrected chi connectivity index (χ3v) is 2.59. The first-order valence-corrected chi connectivity index (χ1v) is 4.98. The summed E-state index contributed by atoms with van der Waals surface area (Å²) in [6, 6.07) is 1.86. The molecule has 1 aromatic rings. The number of carboxylic acid groups (broad SMARTS) is 1. The van der Waals surface area contributed by atoms with Gasteiger partial charge in [-0.2, -0.15) is 5.26 Å². The Kier molecular flexibility index (Phi) is 2.89. The van der Waals surface area contributed by atoms with Gasteiger partial charge in [-0.15, -0.1) is 0 Å². The van der Waals surface area contributed by atoms with Crippen LogP contribution in [0.5, 0.6) is 0 Å². The second-order valence-corrected chi connectivity index (χ2v) is 3.68. The molecule has 1 fully saturated rings. The fraction of sp³-hybridized carbons (Fsp3) is 0.400. The van der Waals surface area contributed by atoms with Gasteiger partial charge >= 0.3 is 5.97 Å². The zero-order valence-electron chi connectivity index (χ0n) is 8.88. The van der Waals surface area contributed by atoms with Crippen molar-refractivity contribution in [3.63, 3.8) is 0 Å². The Morgan fingerprint density at radius 3 is 2.94 bits per heavy atom. The Bertz CT molecular complexity index is 477. The van der Waals surface area contributed by atoms with E-state index in [0.717, 1.165) is 0 Å². The first-order valence-electron chi connectivity index (χ1n) is 4.98. The van der Waals surface area contributed by atoms with E-state index in [1.165, 1.54) is 12.4 Å². The van der Waals surface area contributed by atoms with Crippen molar-refractivity contribution in [1.29, 1.82) is 5.26 Å². The monoisotopic (exact) mass is 234 g/mol. The lowest BCUT2D eigenvalue weighted by atomic mass is 9.99. The molecule has 1 aromatic heterocycles. The number of carboxylic acids is 1. The van der Waals surface area contributed by atoms with Crippen LogP contribution in [0.1, 0.15) is 12.1 Å². The number of hydrogen-bond donors (Lipinski definition) is 2. The van der Waals surface area contributed by atoms with E-state index in [1.54, 1.807) is 0 Å². The quantitative estimate of drug-likeness (QED) is 0.757. The molecule has 0 aliphatic carbocycles. The summed E-state index contributed by atoms with van der Waals surface area (Å²) in [7, 11) is 0. The van der Waals surface area contributed by atoms with Gasteiger partial charge in [0.2, 0.25) is 0 Å². The molecule has 1 unspecified atom stereocenters. The number of hydrogen-bond acceptors (Lipinski definition) is 6. The van der Waals surface area contributed by atoms with E-state index in [2.05, 4.69) is 15.3 Å². The third kappa shape index (κ3) is 2.03. The first-order chi connectivity index (χ1) is 8.18. The van der Waals surface area contributed by atoms with Crippen molar-refractivity contribution < 1.29 is 14.6 Å². The number of rotatable bonds is 3. The Hall–Kier alpha value is -2.20. The summed E-state index contributed by atoms with van der Waals surface area (Å²) in [6.07, 6.45) is 3.10. The number of aliphatic carboxylic acids is 1. The summed E-state index contributed by atoms with van der Waals surface area (Å²) in [6.45, 7) is 0.408. The van der Waals surface area contributed by atoms with Crippen molar-refractivity contribution in [1.82, 2.24) is 9.97 Å². The molecule has 7 heteroatoms. The molecule has 7 nitrogen and oxygen atoms in total. The van der Waals surface area contributed by atoms with Gasteiger partial charge in [-0.25, -0.2) is 14.8 Å². The highest BCUT2D eigenvalue weighted by Crippen LogP contribution is 2.24. The molecule has 2 rings (SSSR count). The van der Waals surface area contributed by atoms with Crippen molar-refractivity contribution in [3.05, 3.63) is 18.1 Å². The van der Waals surface area contributed by atoms with Gasteiger partial charge in [0, 0.05) is 25.4 Å². The van der Waals surface area contributed by atoms with E-state index in [9.17, 15) is 9.90 Å². The summed E-state index contributed by atoms with van der Waals surface area (Å²) in [5.74, 6) is -0.854. The number of ether oxygens (including phenoxy) is 1. The van der Waals surface area contributed by atoms with Crippen molar-refractivity contribution in [2.45, 2.75) is 12.0 Å². The van der Waals surface area contributed by atoms with Gasteiger partial charge in [-0.3, -0.25) is 0 Å². The first kappa shape index (κ1) is 11.3. The summed E-state index contributed by atoms with van der Waals surface area (Å²) in [5, 5.41) is 20.8. The minimum absolute atomic E-state index is 0.0454. The zero-order valence-corrected chi connectivity index (χ0v) is 8.88. The van der Waals surface area contributed by atoms with Crippen molar-refractivity contribution in [3.8, 4) is 6.07 Å². The van der Waals surface area contributed by atoms with Crippen LogP contribution >= 0.6 is 0 Å². The summed E-state index contributed by atoms with van der Waals surface area (Å²) in [4.78, 5) is 19.0. The Balaban J connectivity index is 2.30. The molecule has 0 bridgehead atoms. The van der Waals surface area contributed by atoms with E-state index in [1.807, 2.05) is 6.07 Å². The second kappa shape index (κ2) is 4.35. The number of nitriles is 1. The van der Waals surface area contributed by atoms with Gasteiger partial charge in [-0.1, -0.05) is 0 Å². The maximum absolute atomic E-state index is 11.3. The van der Waals surface area contributed by atoms with Gasteiger partial charge in [0.15, 0.2) is 17.1 Å². The van der Waals surface area contributed by atoms with E-state index >= 15 is 0 Å². The molecule has 1 aliphatic rings. The summed E-state index contributed by atoms with van der Waals surface area (Å²) < 4.78 is 5.09. The Labute approximate surface area is 97.1 Å². The molecule has 2 heterocycles. The van der Waals surface area contributed by atoms with E-state index in [4.69, 9.17) is 10.00 Å². The molecule has 1 aliphatic heterocycles. The fourth-order valence-corrected chi connectivity index (χ4v) is 1.62. The van der Waals surface area contributed by atoms with Crippen LogP contribution in [0.25, 0.3) is 0 Å². The van der Waals surface area contributed by atoms with Crippen LogP contribution in [-0.2, 0) is 9.53 Å². The Morgan fingerprint density at radius 2 is 2.35 bits per heavy atom. The van der Waals surface area contributed by atoms with Crippen LogP contribution < -0.4 is 5.32 Å². The standard InChI is InChI=1S/C10H10N4O3/c11-5-7-8(13-3-2-12-7)14-10(9(15)16)1-4-17-6-10/h2-3H,1,4,6H2,(H,13,14)(H,15,16). The molecular weight excluding hydrogens is 224 g/mol. The fourth-order valence-electron chi connectivity index (χ4n) is 1.62. The average molecular weight is 234 g/mol. The molecule has 88 valence electrons. The number of anilines is 1. The minimum Gasteiger partial charge on any atom is -0.479 e. The van der Waals surface area contributed by atoms with Gasteiger partial charge < -0.3 is 15.2 Å². The van der Waals surface area contributed by atoms with Gasteiger partial charge in [0.05, 0.1) is 6.61 Å². The third-order valence-electron chi connectivity index (χ3n) is 2.59. The number of nitrogens with zero attached hydrogens (tertiary/aromatic N) is 3. The van der Waals surface area contributed by atoms with Crippen LogP contribution in [0.4, 0.5) is 5.82 Å². The SMILES string of the molecule is N#Cc1nccnc1NC1(C(=O)O)CCOC1. The largest absolute Gasteiger partial charge is 0.479 e. The highest BCUT2D eigenvalue weighted by Gasteiger charge is 2.43. The van der Waals surface area contributed by atoms with E-state index < -0.39 is 11.5 Å². The van der Waals surface area contributed by atoms with Crippen LogP contribution in [0.15, 0.2) is 12.4 Å². The lowest BCUT2D eigenvalue weighted by Gasteiger charge is -2.24. The molecule has 0 aromatic carbocycles. The lowest BCUT2D eigenvalue weighted by Crippen LogP contribution is -2.47. The molecule has 17 heavy (non-hydrogen) atoms. The summed E-state index contributed by atoms with van der Waals surface area (Å²) in [5.41, 5.74) is -1.15. The molecule has 0 radical (unpaired) electrons. The van der Waals surface area contributed by atoms with Gasteiger partial charge in [0.1, 0.15) is 6.07 Å². The number of carbonyl (C=O) groups is 1. The van der Waals surface area contributed by atoms with Crippen molar-refractivity contribution >= 4 is 11.8 Å². The number of nitrogens with one attached hydrogen (secondary N) is 1. The van der Waals surface area contributed by atoms with Gasteiger partial charge in [-0.05, 0) is 0 Å². The Morgan fingerprint density at radius 1 is 1.59 bits per heavy atom. The van der Waals surface area contributed by atoms with Crippen molar-refractivity contribution in [2.24, 2.45) is 0 Å². The van der Waals surface area contributed by atoms with Gasteiger partial charge in [0.25, 0.3) is 0 Å². The average Bonchev–Trinajstić information content (AvgIpc) is 2.80. The zero-order chi connectivity index (χ0) is 12.3. The molecule has 0 amide bonds. The smallest absolute Gasteiger partial charge is 0.331 e. The van der Waals surface area contributed by atoms with Crippen molar-refractivity contribution in [2.75, 3.05) is 18.5 Å². The molecule has 0 saturated carbocycles. The van der Waals surface area contributed by atoms with Crippen LogP contribution in [0.2, 0.25) is 0 Å². The van der Waals surface area contributed by atoms with Crippen LogP contribution in [0.3, 0.4) is 0 Å². The normalized spacial score (nSPS) is 23.0. The predicted molar refractivity (Wildman–Crippen MR) is 56.2 cm³/mol. The molecule has 0 spiro atoms. The highest BCUT2D eigenvalue weighted by atomic mass is 16.5. The second-order valence-electron chi connectivity index (χ2n) is 3.68.